The van der Waals surface area contributed by atoms with Crippen LogP contribution >= 0.6 is 11.6 Å². The number of amides is 3. The van der Waals surface area contributed by atoms with Crippen molar-refractivity contribution in [3.63, 3.8) is 0 Å². The van der Waals surface area contributed by atoms with Crippen LogP contribution in [0.15, 0.2) is 59.5 Å². The third-order valence-corrected chi connectivity index (χ3v) is 4.28. The van der Waals surface area contributed by atoms with Gasteiger partial charge in [-0.3, -0.25) is 10.2 Å². The highest BCUT2D eigenvalue weighted by atomic mass is 35.5. The van der Waals surface area contributed by atoms with Crippen LogP contribution in [-0.4, -0.2) is 20.4 Å². The highest BCUT2D eigenvalue weighted by Gasteiger charge is 2.17. The summed E-state index contributed by atoms with van der Waals surface area (Å²) < 4.78 is 25.6. The number of rotatable bonds is 3. The van der Waals surface area contributed by atoms with Gasteiger partial charge >= 0.3 is 6.03 Å². The Labute approximate surface area is 137 Å². The molecule has 2 aromatic rings. The van der Waals surface area contributed by atoms with Crippen molar-refractivity contribution in [2.45, 2.75) is 4.90 Å². The summed E-state index contributed by atoms with van der Waals surface area (Å²) in [6.45, 7) is 0. The van der Waals surface area contributed by atoms with Crippen LogP contribution < -0.4 is 15.6 Å². The number of hydrazine groups is 1. The van der Waals surface area contributed by atoms with Crippen molar-refractivity contribution in [2.75, 3.05) is 0 Å². The lowest BCUT2D eigenvalue weighted by atomic mass is 10.2. The van der Waals surface area contributed by atoms with Gasteiger partial charge in [0, 0.05) is 10.6 Å². The van der Waals surface area contributed by atoms with Gasteiger partial charge in [-0.25, -0.2) is 23.4 Å². The number of benzene rings is 2. The average Bonchev–Trinajstić information content (AvgIpc) is 2.53. The molecule has 0 unspecified atom stereocenters. The van der Waals surface area contributed by atoms with Crippen molar-refractivity contribution in [3.05, 3.63) is 65.2 Å². The second-order valence-electron chi connectivity index (χ2n) is 4.33. The quantitative estimate of drug-likeness (QED) is 0.730. The molecule has 0 fully saturated rings. The Bertz CT molecular complexity index is 808. The molecule has 3 N–H and O–H groups in total. The Balaban J connectivity index is 1.94. The molecule has 9 heteroatoms. The Morgan fingerprint density at radius 3 is 2.09 bits per heavy atom. The first-order chi connectivity index (χ1) is 10.9. The molecule has 0 aliphatic rings. The van der Waals surface area contributed by atoms with Gasteiger partial charge in [0.2, 0.25) is 0 Å². The summed E-state index contributed by atoms with van der Waals surface area (Å²) in [5, 5.41) is 0.364. The van der Waals surface area contributed by atoms with Crippen LogP contribution in [0.2, 0.25) is 5.02 Å². The minimum atomic E-state index is -4.06. The van der Waals surface area contributed by atoms with E-state index >= 15 is 0 Å². The SMILES string of the molecule is O=C(NNC(=O)c1ccccc1)NS(=O)(=O)c1ccc(Cl)cc1. The van der Waals surface area contributed by atoms with Crippen molar-refractivity contribution in [1.82, 2.24) is 15.6 Å². The summed E-state index contributed by atoms with van der Waals surface area (Å²) in [5.41, 5.74) is 4.37. The van der Waals surface area contributed by atoms with Crippen LogP contribution in [0.3, 0.4) is 0 Å². The molecule has 7 nitrogen and oxygen atoms in total. The number of halogens is 1. The zero-order valence-electron chi connectivity index (χ0n) is 11.6. The van der Waals surface area contributed by atoms with Crippen LogP contribution in [0, 0.1) is 0 Å². The third-order valence-electron chi connectivity index (χ3n) is 2.68. The number of hydrogen-bond acceptors (Lipinski definition) is 4. The Hall–Kier alpha value is -2.58. The van der Waals surface area contributed by atoms with Crippen LogP contribution in [0.25, 0.3) is 0 Å². The summed E-state index contributed by atoms with van der Waals surface area (Å²) in [5.74, 6) is -0.579. The van der Waals surface area contributed by atoms with Crippen molar-refractivity contribution < 1.29 is 18.0 Å². The van der Waals surface area contributed by atoms with E-state index in [1.165, 1.54) is 24.3 Å². The van der Waals surface area contributed by atoms with Crippen molar-refractivity contribution in [3.8, 4) is 0 Å². The molecule has 0 saturated heterocycles. The van der Waals surface area contributed by atoms with E-state index in [4.69, 9.17) is 11.6 Å². The minimum absolute atomic E-state index is 0.133. The fraction of sp³-hybridized carbons (Fsp3) is 0. The molecule has 0 aliphatic heterocycles. The number of urea groups is 1. The van der Waals surface area contributed by atoms with Crippen LogP contribution in [0.1, 0.15) is 10.4 Å². The van der Waals surface area contributed by atoms with Crippen LogP contribution in [0.5, 0.6) is 0 Å². The highest BCUT2D eigenvalue weighted by Crippen LogP contribution is 2.13. The first-order valence-corrected chi connectivity index (χ1v) is 8.18. The molecule has 120 valence electrons. The average molecular weight is 354 g/mol. The van der Waals surface area contributed by atoms with Crippen molar-refractivity contribution in [2.24, 2.45) is 0 Å². The van der Waals surface area contributed by atoms with Crippen molar-refractivity contribution in [1.29, 1.82) is 0 Å². The van der Waals surface area contributed by atoms with E-state index < -0.39 is 22.0 Å². The van der Waals surface area contributed by atoms with Gasteiger partial charge < -0.3 is 0 Å². The van der Waals surface area contributed by atoms with Crippen molar-refractivity contribution >= 4 is 33.6 Å². The summed E-state index contributed by atoms with van der Waals surface area (Å²) >= 11 is 5.67. The smallest absolute Gasteiger partial charge is 0.267 e. The monoisotopic (exact) mass is 353 g/mol. The fourth-order valence-electron chi connectivity index (χ4n) is 1.60. The summed E-state index contributed by atoms with van der Waals surface area (Å²) in [6, 6.07) is 12.3. The molecule has 0 bridgehead atoms. The van der Waals surface area contributed by atoms with Crippen LogP contribution in [-0.2, 0) is 10.0 Å². The lowest BCUT2D eigenvalue weighted by Crippen LogP contribution is -2.48. The summed E-state index contributed by atoms with van der Waals surface area (Å²) in [4.78, 5) is 23.2. The van der Waals surface area contributed by atoms with E-state index in [-0.39, 0.29) is 4.90 Å². The predicted molar refractivity (Wildman–Crippen MR) is 84.2 cm³/mol. The molecule has 0 aliphatic carbocycles. The van der Waals surface area contributed by atoms with E-state index in [1.54, 1.807) is 35.1 Å². The molecule has 0 saturated carbocycles. The molecular formula is C14H12ClN3O4S. The Morgan fingerprint density at radius 2 is 1.48 bits per heavy atom. The van der Waals surface area contributed by atoms with Gasteiger partial charge in [-0.1, -0.05) is 29.8 Å². The van der Waals surface area contributed by atoms with Gasteiger partial charge in [0.05, 0.1) is 4.90 Å². The molecule has 0 radical (unpaired) electrons. The topological polar surface area (TPSA) is 104 Å². The zero-order valence-corrected chi connectivity index (χ0v) is 13.2. The molecule has 23 heavy (non-hydrogen) atoms. The molecule has 0 spiro atoms. The molecule has 2 rings (SSSR count). The highest BCUT2D eigenvalue weighted by molar-refractivity contribution is 7.90. The number of sulfonamides is 1. The molecule has 0 atom stereocenters. The lowest BCUT2D eigenvalue weighted by Gasteiger charge is -2.09. The van der Waals surface area contributed by atoms with Gasteiger partial charge in [-0.2, -0.15) is 0 Å². The van der Waals surface area contributed by atoms with E-state index in [0.29, 0.717) is 10.6 Å². The fourth-order valence-corrected chi connectivity index (χ4v) is 2.63. The molecule has 0 aromatic heterocycles. The van der Waals surface area contributed by atoms with Crippen LogP contribution in [0.4, 0.5) is 4.79 Å². The predicted octanol–water partition coefficient (Wildman–Crippen LogP) is 1.67. The van der Waals surface area contributed by atoms with Gasteiger partial charge in [0.25, 0.3) is 15.9 Å². The largest absolute Gasteiger partial charge is 0.347 e. The summed E-state index contributed by atoms with van der Waals surface area (Å²) in [6.07, 6.45) is 0. The number of nitrogens with one attached hydrogen (secondary N) is 3. The lowest BCUT2D eigenvalue weighted by molar-refractivity contribution is 0.0937. The maximum Gasteiger partial charge on any atom is 0.347 e. The third kappa shape index (κ3) is 4.70. The minimum Gasteiger partial charge on any atom is -0.267 e. The zero-order chi connectivity index (χ0) is 16.9. The second-order valence-corrected chi connectivity index (χ2v) is 6.45. The van der Waals surface area contributed by atoms with E-state index in [2.05, 4.69) is 5.43 Å². The molecule has 3 amide bonds. The van der Waals surface area contributed by atoms with Gasteiger partial charge in [-0.05, 0) is 36.4 Å². The van der Waals surface area contributed by atoms with Gasteiger partial charge in [0.15, 0.2) is 0 Å². The first kappa shape index (κ1) is 16.8. The standard InChI is InChI=1S/C14H12ClN3O4S/c15-11-6-8-12(9-7-11)23(21,22)18-14(20)17-16-13(19)10-4-2-1-3-5-10/h1-9H,(H,16,19)(H2,17,18,20). The second kappa shape index (κ2) is 7.12. The first-order valence-electron chi connectivity index (χ1n) is 6.32. The maximum atomic E-state index is 11.9. The van der Waals surface area contributed by atoms with E-state index in [0.717, 1.165) is 0 Å². The van der Waals surface area contributed by atoms with Gasteiger partial charge in [-0.15, -0.1) is 0 Å². The molecular weight excluding hydrogens is 342 g/mol. The summed E-state index contributed by atoms with van der Waals surface area (Å²) in [7, 11) is -4.06. The van der Waals surface area contributed by atoms with Gasteiger partial charge in [0.1, 0.15) is 0 Å². The van der Waals surface area contributed by atoms with E-state index in [9.17, 15) is 18.0 Å². The number of carbonyl (C=O) groups is 2. The Kier molecular flexibility index (Phi) is 5.20. The normalized spacial score (nSPS) is 10.7. The Morgan fingerprint density at radius 1 is 0.870 bits per heavy atom. The number of carbonyl (C=O) groups excluding carboxylic acids is 2. The van der Waals surface area contributed by atoms with E-state index in [1.807, 2.05) is 5.43 Å². The molecule has 2 aromatic carbocycles. The number of hydrogen-bond donors (Lipinski definition) is 3. The molecule has 0 heterocycles. The maximum absolute atomic E-state index is 11.9.